The molecule has 5 N–H and O–H groups in total. The standard InChI is InChI=1S/C13H18N6/c1-9-4-3-5-10(6-9)8-19(2)12-7-11(18-15)16-13(14)17-12/h3-7H,8,15H2,1-2H3,(H3,14,16,17,18). The predicted molar refractivity (Wildman–Crippen MR) is 77.5 cm³/mol. The van der Waals surface area contributed by atoms with Gasteiger partial charge in [0, 0.05) is 19.7 Å². The minimum absolute atomic E-state index is 0.196. The highest BCUT2D eigenvalue weighted by molar-refractivity contribution is 5.52. The number of nitrogens with zero attached hydrogens (tertiary/aromatic N) is 3. The lowest BCUT2D eigenvalue weighted by atomic mass is 10.1. The molecule has 0 aliphatic rings. The van der Waals surface area contributed by atoms with Crippen molar-refractivity contribution in [2.24, 2.45) is 5.84 Å². The number of hydrogen-bond donors (Lipinski definition) is 3. The predicted octanol–water partition coefficient (Wildman–Crippen LogP) is 1.29. The fourth-order valence-electron chi connectivity index (χ4n) is 1.89. The zero-order valence-corrected chi connectivity index (χ0v) is 11.1. The van der Waals surface area contributed by atoms with E-state index in [0.717, 1.165) is 12.4 Å². The molecule has 2 aromatic rings. The molecule has 1 aromatic carbocycles. The average Bonchev–Trinajstić information content (AvgIpc) is 2.38. The van der Waals surface area contributed by atoms with Gasteiger partial charge < -0.3 is 16.1 Å². The molecule has 0 unspecified atom stereocenters. The topological polar surface area (TPSA) is 93.1 Å². The van der Waals surface area contributed by atoms with Crippen molar-refractivity contribution >= 4 is 17.6 Å². The van der Waals surface area contributed by atoms with Crippen molar-refractivity contribution in [2.75, 3.05) is 23.1 Å². The number of hydrogen-bond acceptors (Lipinski definition) is 6. The first-order valence-electron chi connectivity index (χ1n) is 5.96. The second kappa shape index (κ2) is 5.53. The molecule has 1 heterocycles. The van der Waals surface area contributed by atoms with Crippen LogP contribution in [-0.4, -0.2) is 17.0 Å². The fraction of sp³-hybridized carbons (Fsp3) is 0.231. The lowest BCUT2D eigenvalue weighted by molar-refractivity contribution is 0.892. The van der Waals surface area contributed by atoms with E-state index in [1.54, 1.807) is 6.07 Å². The lowest BCUT2D eigenvalue weighted by Gasteiger charge is -2.19. The van der Waals surface area contributed by atoms with Crippen LogP contribution >= 0.6 is 0 Å². The third kappa shape index (κ3) is 3.32. The number of nitrogens with two attached hydrogens (primary N) is 2. The normalized spacial score (nSPS) is 10.3. The number of rotatable bonds is 4. The number of nitrogen functional groups attached to an aromatic ring is 2. The van der Waals surface area contributed by atoms with Gasteiger partial charge in [0.1, 0.15) is 11.6 Å². The zero-order valence-electron chi connectivity index (χ0n) is 11.1. The largest absolute Gasteiger partial charge is 0.368 e. The smallest absolute Gasteiger partial charge is 0.223 e. The Morgan fingerprint density at radius 3 is 2.74 bits per heavy atom. The van der Waals surface area contributed by atoms with Gasteiger partial charge in [0.05, 0.1) is 0 Å². The van der Waals surface area contributed by atoms with Crippen LogP contribution in [0, 0.1) is 6.92 Å². The number of hydrazine groups is 1. The lowest BCUT2D eigenvalue weighted by Crippen LogP contribution is -2.20. The highest BCUT2D eigenvalue weighted by Gasteiger charge is 2.07. The van der Waals surface area contributed by atoms with Gasteiger partial charge in [0.25, 0.3) is 0 Å². The maximum absolute atomic E-state index is 5.65. The van der Waals surface area contributed by atoms with Gasteiger partial charge in [0.15, 0.2) is 0 Å². The summed E-state index contributed by atoms with van der Waals surface area (Å²) in [5.41, 5.74) is 10.6. The summed E-state index contributed by atoms with van der Waals surface area (Å²) >= 11 is 0. The first-order valence-corrected chi connectivity index (χ1v) is 5.96. The van der Waals surface area contributed by atoms with Crippen LogP contribution in [0.2, 0.25) is 0 Å². The van der Waals surface area contributed by atoms with Gasteiger partial charge in [0.2, 0.25) is 5.95 Å². The van der Waals surface area contributed by atoms with Crippen molar-refractivity contribution in [3.05, 3.63) is 41.5 Å². The molecule has 0 aliphatic heterocycles. The van der Waals surface area contributed by atoms with Crippen LogP contribution in [-0.2, 0) is 6.54 Å². The molecule has 0 atom stereocenters. The van der Waals surface area contributed by atoms with E-state index in [1.807, 2.05) is 18.0 Å². The van der Waals surface area contributed by atoms with E-state index in [4.69, 9.17) is 11.6 Å². The second-order valence-corrected chi connectivity index (χ2v) is 4.46. The molecule has 0 amide bonds. The average molecular weight is 258 g/mol. The van der Waals surface area contributed by atoms with Crippen LogP contribution in [0.5, 0.6) is 0 Å². The van der Waals surface area contributed by atoms with Crippen molar-refractivity contribution in [1.82, 2.24) is 9.97 Å². The molecule has 0 fully saturated rings. The van der Waals surface area contributed by atoms with Gasteiger partial charge in [-0.3, -0.25) is 0 Å². The van der Waals surface area contributed by atoms with Crippen LogP contribution < -0.4 is 21.9 Å². The van der Waals surface area contributed by atoms with Gasteiger partial charge in [-0.25, -0.2) is 5.84 Å². The molecule has 2 rings (SSSR count). The minimum Gasteiger partial charge on any atom is -0.368 e. The van der Waals surface area contributed by atoms with Crippen molar-refractivity contribution in [2.45, 2.75) is 13.5 Å². The van der Waals surface area contributed by atoms with Crippen LogP contribution in [0.4, 0.5) is 17.6 Å². The molecular formula is C13H18N6. The van der Waals surface area contributed by atoms with Gasteiger partial charge in [-0.1, -0.05) is 29.8 Å². The highest BCUT2D eigenvalue weighted by atomic mass is 15.3. The summed E-state index contributed by atoms with van der Waals surface area (Å²) < 4.78 is 0. The van der Waals surface area contributed by atoms with Crippen LogP contribution in [0.15, 0.2) is 30.3 Å². The van der Waals surface area contributed by atoms with Crippen molar-refractivity contribution in [3.63, 3.8) is 0 Å². The monoisotopic (exact) mass is 258 g/mol. The molecule has 0 bridgehead atoms. The van der Waals surface area contributed by atoms with Crippen molar-refractivity contribution in [3.8, 4) is 0 Å². The quantitative estimate of drug-likeness (QED) is 0.565. The van der Waals surface area contributed by atoms with Gasteiger partial charge >= 0.3 is 0 Å². The minimum atomic E-state index is 0.196. The van der Waals surface area contributed by atoms with Gasteiger partial charge in [-0.05, 0) is 12.5 Å². The third-order valence-corrected chi connectivity index (χ3v) is 2.77. The Bertz CT molecular complexity index is 569. The summed E-state index contributed by atoms with van der Waals surface area (Å²) in [7, 11) is 1.95. The Morgan fingerprint density at radius 2 is 2.05 bits per heavy atom. The van der Waals surface area contributed by atoms with E-state index in [9.17, 15) is 0 Å². The number of nitrogens with one attached hydrogen (secondary N) is 1. The first-order chi connectivity index (χ1) is 9.08. The number of aromatic nitrogens is 2. The summed E-state index contributed by atoms with van der Waals surface area (Å²) in [6.07, 6.45) is 0. The van der Waals surface area contributed by atoms with Crippen LogP contribution in [0.25, 0.3) is 0 Å². The van der Waals surface area contributed by atoms with E-state index in [2.05, 4.69) is 40.5 Å². The van der Waals surface area contributed by atoms with E-state index in [-0.39, 0.29) is 5.95 Å². The van der Waals surface area contributed by atoms with Gasteiger partial charge in [-0.15, -0.1) is 0 Å². The molecule has 6 nitrogen and oxygen atoms in total. The summed E-state index contributed by atoms with van der Waals surface area (Å²) in [4.78, 5) is 10.2. The van der Waals surface area contributed by atoms with Crippen LogP contribution in [0.1, 0.15) is 11.1 Å². The summed E-state index contributed by atoms with van der Waals surface area (Å²) in [6, 6.07) is 10.1. The summed E-state index contributed by atoms with van der Waals surface area (Å²) in [6.45, 7) is 2.81. The Kier molecular flexibility index (Phi) is 3.82. The Balaban J connectivity index is 2.20. The molecule has 6 heteroatoms. The second-order valence-electron chi connectivity index (χ2n) is 4.46. The maximum atomic E-state index is 5.65. The molecule has 100 valence electrons. The third-order valence-electron chi connectivity index (χ3n) is 2.77. The SMILES string of the molecule is Cc1cccc(CN(C)c2cc(NN)nc(N)n2)c1. The van der Waals surface area contributed by atoms with Crippen molar-refractivity contribution in [1.29, 1.82) is 0 Å². The molecule has 0 saturated carbocycles. The van der Waals surface area contributed by atoms with Gasteiger partial charge in [-0.2, -0.15) is 9.97 Å². The first kappa shape index (κ1) is 13.1. The molecule has 19 heavy (non-hydrogen) atoms. The zero-order chi connectivity index (χ0) is 13.8. The highest BCUT2D eigenvalue weighted by Crippen LogP contribution is 2.17. The fourth-order valence-corrected chi connectivity index (χ4v) is 1.89. The van der Waals surface area contributed by atoms with E-state index >= 15 is 0 Å². The molecule has 0 spiro atoms. The maximum Gasteiger partial charge on any atom is 0.223 e. The molecule has 1 aromatic heterocycles. The summed E-state index contributed by atoms with van der Waals surface area (Å²) in [5.74, 6) is 6.76. The van der Waals surface area contributed by atoms with Crippen molar-refractivity contribution < 1.29 is 0 Å². The molecular weight excluding hydrogens is 240 g/mol. The Hall–Kier alpha value is -2.34. The van der Waals surface area contributed by atoms with E-state index in [0.29, 0.717) is 5.82 Å². The number of benzene rings is 1. The van der Waals surface area contributed by atoms with E-state index < -0.39 is 0 Å². The number of anilines is 3. The summed E-state index contributed by atoms with van der Waals surface area (Å²) in [5, 5.41) is 0. The molecule has 0 radical (unpaired) electrons. The Labute approximate surface area is 112 Å². The molecule has 0 saturated heterocycles. The molecule has 0 aliphatic carbocycles. The number of aryl methyl sites for hydroxylation is 1. The van der Waals surface area contributed by atoms with E-state index in [1.165, 1.54) is 11.1 Å². The van der Waals surface area contributed by atoms with Crippen LogP contribution in [0.3, 0.4) is 0 Å². The Morgan fingerprint density at radius 1 is 1.26 bits per heavy atom.